The Morgan fingerprint density at radius 3 is 2.57 bits per heavy atom. The maximum atomic E-state index is 5.83. The molecule has 14 heavy (non-hydrogen) atoms. The van der Waals surface area contributed by atoms with Gasteiger partial charge in [0.2, 0.25) is 0 Å². The standard InChI is InChI=1S/C10H15ClN2S/c1-7-3-8(2)5-13(4-7)10-12-9(11)6-14-10/h6-8H,3-5H2,1-2H3. The van der Waals surface area contributed by atoms with Crippen molar-refractivity contribution in [1.29, 1.82) is 0 Å². The van der Waals surface area contributed by atoms with Crippen molar-refractivity contribution in [2.75, 3.05) is 18.0 Å². The zero-order valence-electron chi connectivity index (χ0n) is 8.53. The van der Waals surface area contributed by atoms with E-state index in [2.05, 4.69) is 23.7 Å². The van der Waals surface area contributed by atoms with Gasteiger partial charge in [-0.15, -0.1) is 11.3 Å². The minimum Gasteiger partial charge on any atom is -0.348 e. The summed E-state index contributed by atoms with van der Waals surface area (Å²) in [7, 11) is 0. The fourth-order valence-electron chi connectivity index (χ4n) is 2.21. The molecular formula is C10H15ClN2S. The Morgan fingerprint density at radius 2 is 2.07 bits per heavy atom. The van der Waals surface area contributed by atoms with E-state index in [1.807, 2.05) is 5.38 Å². The second-order valence-electron chi connectivity index (χ2n) is 4.30. The summed E-state index contributed by atoms with van der Waals surface area (Å²) in [4.78, 5) is 6.67. The van der Waals surface area contributed by atoms with E-state index in [9.17, 15) is 0 Å². The lowest BCUT2D eigenvalue weighted by Gasteiger charge is -2.34. The monoisotopic (exact) mass is 230 g/mol. The Balaban J connectivity index is 2.10. The van der Waals surface area contributed by atoms with Gasteiger partial charge in [0.25, 0.3) is 0 Å². The first-order chi connectivity index (χ1) is 6.65. The van der Waals surface area contributed by atoms with Gasteiger partial charge in [0.05, 0.1) is 0 Å². The Hall–Kier alpha value is -0.280. The van der Waals surface area contributed by atoms with Crippen LogP contribution in [0.3, 0.4) is 0 Å². The number of halogens is 1. The Morgan fingerprint density at radius 1 is 1.43 bits per heavy atom. The van der Waals surface area contributed by atoms with Gasteiger partial charge in [0, 0.05) is 18.5 Å². The van der Waals surface area contributed by atoms with Gasteiger partial charge in [-0.05, 0) is 18.3 Å². The summed E-state index contributed by atoms with van der Waals surface area (Å²) in [6.45, 7) is 6.85. The van der Waals surface area contributed by atoms with Gasteiger partial charge in [0.15, 0.2) is 5.13 Å². The second-order valence-corrected chi connectivity index (χ2v) is 5.53. The molecule has 2 atom stereocenters. The second kappa shape index (κ2) is 4.07. The fraction of sp³-hybridized carbons (Fsp3) is 0.700. The average molecular weight is 231 g/mol. The summed E-state index contributed by atoms with van der Waals surface area (Å²) in [6.07, 6.45) is 1.33. The Kier molecular flexibility index (Phi) is 2.98. The van der Waals surface area contributed by atoms with Gasteiger partial charge in [-0.3, -0.25) is 0 Å². The summed E-state index contributed by atoms with van der Waals surface area (Å²) >= 11 is 7.47. The van der Waals surface area contributed by atoms with Crippen LogP contribution in [0.1, 0.15) is 20.3 Å². The van der Waals surface area contributed by atoms with Gasteiger partial charge >= 0.3 is 0 Å². The average Bonchev–Trinajstić information content (AvgIpc) is 2.50. The number of piperidine rings is 1. The molecule has 0 aliphatic carbocycles. The Bertz CT molecular complexity index is 303. The maximum absolute atomic E-state index is 5.83. The lowest BCUT2D eigenvalue weighted by molar-refractivity contribution is 0.356. The van der Waals surface area contributed by atoms with Crippen LogP contribution in [0, 0.1) is 11.8 Å². The predicted octanol–water partition coefficient (Wildman–Crippen LogP) is 3.28. The van der Waals surface area contributed by atoms with E-state index < -0.39 is 0 Å². The van der Waals surface area contributed by atoms with Crippen molar-refractivity contribution in [2.24, 2.45) is 11.8 Å². The molecular weight excluding hydrogens is 216 g/mol. The lowest BCUT2D eigenvalue weighted by atomic mass is 9.92. The molecule has 78 valence electrons. The van der Waals surface area contributed by atoms with Crippen LogP contribution in [-0.4, -0.2) is 18.1 Å². The van der Waals surface area contributed by atoms with Crippen LogP contribution in [0.5, 0.6) is 0 Å². The van der Waals surface area contributed by atoms with Crippen molar-refractivity contribution in [2.45, 2.75) is 20.3 Å². The molecule has 2 rings (SSSR count). The molecule has 0 amide bonds. The molecule has 0 spiro atoms. The number of nitrogens with zero attached hydrogens (tertiary/aromatic N) is 2. The summed E-state index contributed by atoms with van der Waals surface area (Å²) in [6, 6.07) is 0. The highest BCUT2D eigenvalue weighted by Crippen LogP contribution is 2.29. The van der Waals surface area contributed by atoms with Crippen LogP contribution in [0.2, 0.25) is 5.15 Å². The van der Waals surface area contributed by atoms with Crippen molar-refractivity contribution in [3.63, 3.8) is 0 Å². The van der Waals surface area contributed by atoms with E-state index in [0.29, 0.717) is 5.15 Å². The lowest BCUT2D eigenvalue weighted by Crippen LogP contribution is -2.38. The molecule has 1 saturated heterocycles. The van der Waals surface area contributed by atoms with Crippen LogP contribution in [0.25, 0.3) is 0 Å². The largest absolute Gasteiger partial charge is 0.348 e. The van der Waals surface area contributed by atoms with Crippen LogP contribution >= 0.6 is 22.9 Å². The highest BCUT2D eigenvalue weighted by atomic mass is 35.5. The number of hydrogen-bond donors (Lipinski definition) is 0. The third-order valence-corrected chi connectivity index (χ3v) is 3.83. The molecule has 0 aromatic carbocycles. The van der Waals surface area contributed by atoms with Crippen molar-refractivity contribution >= 4 is 28.1 Å². The molecule has 2 nitrogen and oxygen atoms in total. The third kappa shape index (κ3) is 2.20. The first-order valence-corrected chi connectivity index (χ1v) is 6.27. The van der Waals surface area contributed by atoms with E-state index >= 15 is 0 Å². The molecule has 1 aliphatic rings. The number of hydrogen-bond acceptors (Lipinski definition) is 3. The summed E-state index contributed by atoms with van der Waals surface area (Å²) in [5, 5.41) is 3.60. The normalized spacial score (nSPS) is 28.1. The van der Waals surface area contributed by atoms with E-state index in [1.54, 1.807) is 11.3 Å². The topological polar surface area (TPSA) is 16.1 Å². The van der Waals surface area contributed by atoms with Crippen molar-refractivity contribution in [3.8, 4) is 0 Å². The Labute approximate surface area is 93.9 Å². The molecule has 4 heteroatoms. The predicted molar refractivity (Wildman–Crippen MR) is 62.3 cm³/mol. The minimum absolute atomic E-state index is 0.621. The van der Waals surface area contributed by atoms with E-state index in [-0.39, 0.29) is 0 Å². The SMILES string of the molecule is CC1CC(C)CN(c2nc(Cl)cs2)C1. The smallest absolute Gasteiger partial charge is 0.186 e. The summed E-state index contributed by atoms with van der Waals surface area (Å²) in [5.41, 5.74) is 0. The zero-order valence-corrected chi connectivity index (χ0v) is 10.1. The van der Waals surface area contributed by atoms with Crippen molar-refractivity contribution in [1.82, 2.24) is 4.98 Å². The third-order valence-electron chi connectivity index (χ3n) is 2.60. The quantitative estimate of drug-likeness (QED) is 0.736. The first-order valence-electron chi connectivity index (χ1n) is 5.01. The first kappa shape index (κ1) is 10.2. The molecule has 1 aromatic heterocycles. The van der Waals surface area contributed by atoms with Gasteiger partial charge in [-0.2, -0.15) is 0 Å². The van der Waals surface area contributed by atoms with Crippen LogP contribution in [0.4, 0.5) is 5.13 Å². The molecule has 0 bridgehead atoms. The van der Waals surface area contributed by atoms with Crippen molar-refractivity contribution < 1.29 is 0 Å². The van der Waals surface area contributed by atoms with Gasteiger partial charge in [-0.1, -0.05) is 25.4 Å². The van der Waals surface area contributed by atoms with Crippen LogP contribution in [-0.2, 0) is 0 Å². The van der Waals surface area contributed by atoms with Gasteiger partial charge < -0.3 is 4.90 Å². The highest BCUT2D eigenvalue weighted by molar-refractivity contribution is 7.14. The number of anilines is 1. The summed E-state index contributed by atoms with van der Waals surface area (Å²) < 4.78 is 0. The molecule has 0 saturated carbocycles. The van der Waals surface area contributed by atoms with Gasteiger partial charge in [0.1, 0.15) is 5.15 Å². The van der Waals surface area contributed by atoms with Gasteiger partial charge in [-0.25, -0.2) is 4.98 Å². The molecule has 2 heterocycles. The van der Waals surface area contributed by atoms with E-state index in [4.69, 9.17) is 11.6 Å². The summed E-state index contributed by atoms with van der Waals surface area (Å²) in [5.74, 6) is 1.53. The molecule has 0 N–H and O–H groups in total. The van der Waals surface area contributed by atoms with E-state index in [0.717, 1.165) is 30.1 Å². The molecule has 2 unspecified atom stereocenters. The highest BCUT2D eigenvalue weighted by Gasteiger charge is 2.23. The van der Waals surface area contributed by atoms with Crippen molar-refractivity contribution in [3.05, 3.63) is 10.5 Å². The minimum atomic E-state index is 0.621. The molecule has 0 radical (unpaired) electrons. The molecule has 1 fully saturated rings. The maximum Gasteiger partial charge on any atom is 0.186 e. The van der Waals surface area contributed by atoms with Crippen LogP contribution in [0.15, 0.2) is 5.38 Å². The number of rotatable bonds is 1. The zero-order chi connectivity index (χ0) is 10.1. The molecule has 1 aromatic rings. The number of thiazole rings is 1. The fourth-order valence-corrected chi connectivity index (χ4v) is 3.18. The van der Waals surface area contributed by atoms with E-state index in [1.165, 1.54) is 6.42 Å². The molecule has 1 aliphatic heterocycles. The van der Waals surface area contributed by atoms with Crippen LogP contribution < -0.4 is 4.90 Å². The number of aromatic nitrogens is 1.